The highest BCUT2D eigenvalue weighted by molar-refractivity contribution is 5.71. The fraction of sp³-hybridized carbons (Fsp3) is 0.200. The third-order valence-corrected chi connectivity index (χ3v) is 3.16. The van der Waals surface area contributed by atoms with Crippen molar-refractivity contribution in [3.05, 3.63) is 47.4 Å². The molecular formula is C15H14O3. The van der Waals surface area contributed by atoms with Crippen molar-refractivity contribution in [3.63, 3.8) is 0 Å². The Hall–Kier alpha value is -2.16. The van der Waals surface area contributed by atoms with Gasteiger partial charge in [-0.25, -0.2) is 0 Å². The molecule has 0 atom stereocenters. The van der Waals surface area contributed by atoms with Crippen LogP contribution < -0.4 is 0 Å². The van der Waals surface area contributed by atoms with Crippen molar-refractivity contribution in [2.24, 2.45) is 0 Å². The minimum Gasteiger partial charge on any atom is -0.507 e. The second kappa shape index (κ2) is 4.26. The van der Waals surface area contributed by atoms with Crippen LogP contribution in [0.2, 0.25) is 0 Å². The van der Waals surface area contributed by atoms with Crippen LogP contribution in [0, 0.1) is 0 Å². The van der Waals surface area contributed by atoms with Gasteiger partial charge in [0.05, 0.1) is 12.5 Å². The molecule has 1 fully saturated rings. The first kappa shape index (κ1) is 11.0. The molecule has 2 N–H and O–H groups in total. The molecule has 0 unspecified atom stereocenters. The van der Waals surface area contributed by atoms with Crippen LogP contribution in [0.15, 0.2) is 35.1 Å². The monoisotopic (exact) mass is 242 g/mol. The summed E-state index contributed by atoms with van der Waals surface area (Å²) in [5.74, 6) is 0.700. The van der Waals surface area contributed by atoms with E-state index in [0.29, 0.717) is 11.5 Å². The van der Waals surface area contributed by atoms with Crippen molar-refractivity contribution in [2.75, 3.05) is 0 Å². The molecule has 1 aromatic carbocycles. The van der Waals surface area contributed by atoms with Crippen molar-refractivity contribution in [1.29, 1.82) is 0 Å². The highest BCUT2D eigenvalue weighted by Gasteiger charge is 2.29. The fourth-order valence-electron chi connectivity index (χ4n) is 2.09. The summed E-state index contributed by atoms with van der Waals surface area (Å²) in [6.45, 7) is 0. The predicted molar refractivity (Wildman–Crippen MR) is 69.4 cm³/mol. The maximum absolute atomic E-state index is 9.93. The molecule has 0 spiro atoms. The highest BCUT2D eigenvalue weighted by atomic mass is 16.3. The van der Waals surface area contributed by atoms with Gasteiger partial charge in [-0.15, -0.1) is 0 Å². The van der Waals surface area contributed by atoms with Crippen molar-refractivity contribution in [3.8, 4) is 11.5 Å². The average Bonchev–Trinajstić information content (AvgIpc) is 3.02. The molecule has 3 nitrogen and oxygen atoms in total. The van der Waals surface area contributed by atoms with E-state index in [0.717, 1.165) is 24.0 Å². The van der Waals surface area contributed by atoms with Gasteiger partial charge >= 0.3 is 0 Å². The highest BCUT2D eigenvalue weighted by Crippen LogP contribution is 2.48. The number of phenols is 2. The number of hydrogen-bond acceptors (Lipinski definition) is 3. The number of aromatic hydroxyl groups is 2. The zero-order valence-electron chi connectivity index (χ0n) is 9.84. The summed E-state index contributed by atoms with van der Waals surface area (Å²) in [7, 11) is 0. The van der Waals surface area contributed by atoms with Gasteiger partial charge in [0.2, 0.25) is 0 Å². The first-order valence-electron chi connectivity index (χ1n) is 6.00. The second-order valence-electron chi connectivity index (χ2n) is 4.64. The Morgan fingerprint density at radius 3 is 2.28 bits per heavy atom. The summed E-state index contributed by atoms with van der Waals surface area (Å²) in [6.07, 6.45) is 9.03. The summed E-state index contributed by atoms with van der Waals surface area (Å²) in [6, 6.07) is 5.21. The van der Waals surface area contributed by atoms with E-state index in [-0.39, 0.29) is 11.5 Å². The standard InChI is InChI=1S/C15H14O3/c16-13-7-11(2-1-10-5-6-18-9-10)8-14(17)15(13)12-3-4-12/h1-2,5-9,12,16-17H,3-4H2/b2-1+. The topological polar surface area (TPSA) is 53.6 Å². The van der Waals surface area contributed by atoms with Gasteiger partial charge in [-0.05, 0) is 42.5 Å². The SMILES string of the molecule is Oc1cc(/C=C/c2ccoc2)cc(O)c1C1CC1. The summed E-state index contributed by atoms with van der Waals surface area (Å²) in [4.78, 5) is 0. The van der Waals surface area contributed by atoms with Gasteiger partial charge in [-0.3, -0.25) is 0 Å². The summed E-state index contributed by atoms with van der Waals surface area (Å²) in [5, 5.41) is 19.9. The maximum Gasteiger partial charge on any atom is 0.123 e. The van der Waals surface area contributed by atoms with E-state index in [1.54, 1.807) is 24.7 Å². The Labute approximate surface area is 105 Å². The summed E-state index contributed by atoms with van der Waals surface area (Å²) < 4.78 is 4.96. The van der Waals surface area contributed by atoms with Crippen LogP contribution in [0.25, 0.3) is 12.2 Å². The van der Waals surface area contributed by atoms with E-state index in [1.165, 1.54) is 0 Å². The van der Waals surface area contributed by atoms with Crippen LogP contribution in [-0.4, -0.2) is 10.2 Å². The Balaban J connectivity index is 1.89. The predicted octanol–water partition coefficient (Wildman–Crippen LogP) is 3.74. The average molecular weight is 242 g/mol. The lowest BCUT2D eigenvalue weighted by Crippen LogP contribution is -1.84. The number of rotatable bonds is 3. The van der Waals surface area contributed by atoms with Crippen LogP contribution >= 0.6 is 0 Å². The Kier molecular flexibility index (Phi) is 2.59. The molecule has 1 aromatic heterocycles. The fourth-order valence-corrected chi connectivity index (χ4v) is 2.09. The molecule has 0 bridgehead atoms. The van der Waals surface area contributed by atoms with Gasteiger partial charge in [0.1, 0.15) is 11.5 Å². The lowest BCUT2D eigenvalue weighted by molar-refractivity contribution is 0.438. The second-order valence-corrected chi connectivity index (χ2v) is 4.64. The van der Waals surface area contributed by atoms with Gasteiger partial charge in [-0.2, -0.15) is 0 Å². The van der Waals surface area contributed by atoms with E-state index in [4.69, 9.17) is 4.42 Å². The molecule has 18 heavy (non-hydrogen) atoms. The van der Waals surface area contributed by atoms with Crippen LogP contribution in [0.4, 0.5) is 0 Å². The van der Waals surface area contributed by atoms with E-state index in [1.807, 2.05) is 18.2 Å². The van der Waals surface area contributed by atoms with Crippen LogP contribution in [0.3, 0.4) is 0 Å². The normalized spacial score (nSPS) is 15.3. The summed E-state index contributed by atoms with van der Waals surface area (Å²) >= 11 is 0. The van der Waals surface area contributed by atoms with E-state index >= 15 is 0 Å². The van der Waals surface area contributed by atoms with Gasteiger partial charge < -0.3 is 14.6 Å². The molecule has 2 aromatic rings. The van der Waals surface area contributed by atoms with Gasteiger partial charge in [0.25, 0.3) is 0 Å². The van der Waals surface area contributed by atoms with Crippen molar-refractivity contribution < 1.29 is 14.6 Å². The minimum absolute atomic E-state index is 0.185. The van der Waals surface area contributed by atoms with Crippen LogP contribution in [-0.2, 0) is 0 Å². The number of hydrogen-bond donors (Lipinski definition) is 2. The molecule has 3 heteroatoms. The largest absolute Gasteiger partial charge is 0.507 e. The first-order chi connectivity index (χ1) is 8.74. The van der Waals surface area contributed by atoms with Crippen molar-refractivity contribution >= 4 is 12.2 Å². The van der Waals surface area contributed by atoms with Crippen LogP contribution in [0.1, 0.15) is 35.4 Å². The Morgan fingerprint density at radius 1 is 1.06 bits per heavy atom. The number of phenolic OH excluding ortho intramolecular Hbond substituents is 2. The van der Waals surface area contributed by atoms with Crippen LogP contribution in [0.5, 0.6) is 11.5 Å². The smallest absolute Gasteiger partial charge is 0.123 e. The van der Waals surface area contributed by atoms with Gasteiger partial charge in [0, 0.05) is 11.1 Å². The van der Waals surface area contributed by atoms with Crippen molar-refractivity contribution in [2.45, 2.75) is 18.8 Å². The molecule has 3 rings (SSSR count). The van der Waals surface area contributed by atoms with Gasteiger partial charge in [-0.1, -0.05) is 12.2 Å². The van der Waals surface area contributed by atoms with E-state index in [2.05, 4.69) is 0 Å². The quantitative estimate of drug-likeness (QED) is 0.862. The van der Waals surface area contributed by atoms with Gasteiger partial charge in [0.15, 0.2) is 0 Å². The molecule has 1 aliphatic rings. The molecular weight excluding hydrogens is 228 g/mol. The number of furan rings is 1. The maximum atomic E-state index is 9.93. The molecule has 1 saturated carbocycles. The zero-order valence-corrected chi connectivity index (χ0v) is 9.84. The molecule has 92 valence electrons. The third-order valence-electron chi connectivity index (χ3n) is 3.16. The first-order valence-corrected chi connectivity index (χ1v) is 6.00. The Morgan fingerprint density at radius 2 is 1.72 bits per heavy atom. The molecule has 0 radical (unpaired) electrons. The molecule has 0 amide bonds. The number of benzene rings is 1. The molecule has 0 aliphatic heterocycles. The zero-order chi connectivity index (χ0) is 12.5. The lowest BCUT2D eigenvalue weighted by atomic mass is 10.0. The minimum atomic E-state index is 0.185. The van der Waals surface area contributed by atoms with Crippen molar-refractivity contribution in [1.82, 2.24) is 0 Å². The van der Waals surface area contributed by atoms with E-state index < -0.39 is 0 Å². The van der Waals surface area contributed by atoms with E-state index in [9.17, 15) is 10.2 Å². The molecule has 0 saturated heterocycles. The molecule has 1 heterocycles. The third kappa shape index (κ3) is 2.12. The Bertz CT molecular complexity index is 555. The molecule has 1 aliphatic carbocycles. The lowest BCUT2D eigenvalue weighted by Gasteiger charge is -2.07. The summed E-state index contributed by atoms with van der Waals surface area (Å²) in [5.41, 5.74) is 2.41.